The van der Waals surface area contributed by atoms with Crippen LogP contribution < -0.4 is 5.32 Å². The standard InChI is InChI=1S/C24H23Cl2N5O/c1-14-4-6-17(7-5-14)13-27-22(32)11-10-19-15(2)28-24-29-23(30-31(24)16(19)3)20-9-8-18(25)12-21(20)26/h4-9,12H,10-11,13H2,1-3H3,(H,27,32). The van der Waals surface area contributed by atoms with Gasteiger partial charge in [0.05, 0.1) is 5.02 Å². The minimum absolute atomic E-state index is 0.00306. The summed E-state index contributed by atoms with van der Waals surface area (Å²) in [5.74, 6) is 0.972. The van der Waals surface area contributed by atoms with Gasteiger partial charge in [0, 0.05) is 34.9 Å². The third kappa shape index (κ3) is 4.76. The van der Waals surface area contributed by atoms with E-state index in [0.717, 1.165) is 22.5 Å². The molecule has 1 amide bonds. The van der Waals surface area contributed by atoms with Crippen molar-refractivity contribution >= 4 is 34.9 Å². The lowest BCUT2D eigenvalue weighted by Gasteiger charge is -2.10. The zero-order chi connectivity index (χ0) is 22.8. The van der Waals surface area contributed by atoms with E-state index in [1.807, 2.05) is 45.0 Å². The van der Waals surface area contributed by atoms with E-state index in [0.29, 0.717) is 46.6 Å². The lowest BCUT2D eigenvalue weighted by molar-refractivity contribution is -0.121. The fraction of sp³-hybridized carbons (Fsp3) is 0.250. The number of benzene rings is 2. The van der Waals surface area contributed by atoms with Gasteiger partial charge in [-0.05, 0) is 56.5 Å². The highest BCUT2D eigenvalue weighted by molar-refractivity contribution is 6.36. The number of amides is 1. The molecule has 32 heavy (non-hydrogen) atoms. The summed E-state index contributed by atoms with van der Waals surface area (Å²) < 4.78 is 1.70. The molecule has 4 aromatic rings. The number of hydrogen-bond acceptors (Lipinski definition) is 4. The average molecular weight is 468 g/mol. The van der Waals surface area contributed by atoms with Crippen molar-refractivity contribution in [1.82, 2.24) is 24.9 Å². The second-order valence-electron chi connectivity index (χ2n) is 7.79. The smallest absolute Gasteiger partial charge is 0.253 e. The fourth-order valence-electron chi connectivity index (χ4n) is 3.59. The van der Waals surface area contributed by atoms with Gasteiger partial charge in [-0.1, -0.05) is 53.0 Å². The molecular formula is C24H23Cl2N5O. The van der Waals surface area contributed by atoms with Gasteiger partial charge >= 0.3 is 0 Å². The van der Waals surface area contributed by atoms with Crippen LogP contribution in [0.2, 0.25) is 10.0 Å². The van der Waals surface area contributed by atoms with E-state index in [1.165, 1.54) is 5.56 Å². The van der Waals surface area contributed by atoms with Gasteiger partial charge in [0.1, 0.15) is 0 Å². The zero-order valence-corrected chi connectivity index (χ0v) is 19.6. The molecule has 2 aromatic heterocycles. The van der Waals surface area contributed by atoms with E-state index >= 15 is 0 Å². The highest BCUT2D eigenvalue weighted by Gasteiger charge is 2.17. The van der Waals surface area contributed by atoms with Crippen molar-refractivity contribution in [2.45, 2.75) is 40.2 Å². The van der Waals surface area contributed by atoms with E-state index in [1.54, 1.807) is 22.7 Å². The molecule has 6 nitrogen and oxygen atoms in total. The van der Waals surface area contributed by atoms with Gasteiger partial charge in [-0.3, -0.25) is 4.79 Å². The van der Waals surface area contributed by atoms with E-state index in [-0.39, 0.29) is 5.91 Å². The quantitative estimate of drug-likeness (QED) is 0.418. The zero-order valence-electron chi connectivity index (χ0n) is 18.1. The minimum Gasteiger partial charge on any atom is -0.352 e. The van der Waals surface area contributed by atoms with Crippen LogP contribution in [0.25, 0.3) is 17.2 Å². The molecule has 0 aliphatic carbocycles. The van der Waals surface area contributed by atoms with Crippen molar-refractivity contribution in [2.75, 3.05) is 0 Å². The molecule has 0 aliphatic rings. The van der Waals surface area contributed by atoms with Crippen molar-refractivity contribution in [3.8, 4) is 11.4 Å². The highest BCUT2D eigenvalue weighted by atomic mass is 35.5. The third-order valence-corrected chi connectivity index (χ3v) is 5.98. The SMILES string of the molecule is Cc1ccc(CNC(=O)CCc2c(C)nc3nc(-c4ccc(Cl)cc4Cl)nn3c2C)cc1. The molecule has 2 heterocycles. The Hall–Kier alpha value is -2.96. The van der Waals surface area contributed by atoms with Crippen LogP contribution in [0.3, 0.4) is 0 Å². The number of carbonyl (C=O) groups is 1. The van der Waals surface area contributed by atoms with Gasteiger partial charge < -0.3 is 5.32 Å². The Bertz CT molecular complexity index is 1300. The van der Waals surface area contributed by atoms with Crippen molar-refractivity contribution in [3.05, 3.63) is 80.6 Å². The van der Waals surface area contributed by atoms with Crippen LogP contribution in [0, 0.1) is 20.8 Å². The van der Waals surface area contributed by atoms with Gasteiger partial charge in [-0.2, -0.15) is 4.98 Å². The molecule has 4 rings (SSSR count). The van der Waals surface area contributed by atoms with Crippen LogP contribution in [0.1, 0.15) is 34.5 Å². The lowest BCUT2D eigenvalue weighted by atomic mass is 10.1. The first-order valence-corrected chi connectivity index (χ1v) is 11.1. The number of carbonyl (C=O) groups excluding carboxylic acids is 1. The topological polar surface area (TPSA) is 72.2 Å². The number of aromatic nitrogens is 4. The Kier molecular flexibility index (Phi) is 6.44. The Morgan fingerprint density at radius 1 is 1.03 bits per heavy atom. The Morgan fingerprint density at radius 3 is 2.50 bits per heavy atom. The summed E-state index contributed by atoms with van der Waals surface area (Å²) in [5.41, 5.74) is 5.70. The van der Waals surface area contributed by atoms with E-state index in [2.05, 4.69) is 20.4 Å². The normalized spacial score (nSPS) is 11.2. The number of rotatable bonds is 6. The fourth-order valence-corrected chi connectivity index (χ4v) is 4.08. The van der Waals surface area contributed by atoms with E-state index < -0.39 is 0 Å². The van der Waals surface area contributed by atoms with Crippen molar-refractivity contribution in [1.29, 1.82) is 0 Å². The molecule has 0 unspecified atom stereocenters. The monoisotopic (exact) mass is 467 g/mol. The summed E-state index contributed by atoms with van der Waals surface area (Å²) in [6.45, 7) is 6.45. The van der Waals surface area contributed by atoms with E-state index in [4.69, 9.17) is 23.2 Å². The van der Waals surface area contributed by atoms with E-state index in [9.17, 15) is 4.79 Å². The predicted molar refractivity (Wildman–Crippen MR) is 127 cm³/mol. The maximum absolute atomic E-state index is 12.4. The van der Waals surface area contributed by atoms with Crippen molar-refractivity contribution in [2.24, 2.45) is 0 Å². The first-order chi connectivity index (χ1) is 15.3. The minimum atomic E-state index is -0.00306. The summed E-state index contributed by atoms with van der Waals surface area (Å²) in [6, 6.07) is 13.3. The summed E-state index contributed by atoms with van der Waals surface area (Å²) in [6.07, 6.45) is 0.933. The Balaban J connectivity index is 1.50. The second-order valence-corrected chi connectivity index (χ2v) is 8.64. The maximum Gasteiger partial charge on any atom is 0.253 e. The molecule has 0 aliphatic heterocycles. The molecule has 8 heteroatoms. The van der Waals surface area contributed by atoms with Gasteiger partial charge in [-0.15, -0.1) is 5.10 Å². The van der Waals surface area contributed by atoms with Crippen LogP contribution in [0.4, 0.5) is 0 Å². The third-order valence-electron chi connectivity index (χ3n) is 5.43. The van der Waals surface area contributed by atoms with Crippen LogP contribution in [0.15, 0.2) is 42.5 Å². The van der Waals surface area contributed by atoms with Gasteiger partial charge in [0.15, 0.2) is 5.82 Å². The molecule has 0 saturated heterocycles. The summed E-state index contributed by atoms with van der Waals surface area (Å²) in [7, 11) is 0. The molecule has 0 fully saturated rings. The molecule has 0 radical (unpaired) electrons. The average Bonchev–Trinajstić information content (AvgIpc) is 3.17. The van der Waals surface area contributed by atoms with Gasteiger partial charge in [0.25, 0.3) is 5.78 Å². The Morgan fingerprint density at radius 2 is 1.78 bits per heavy atom. The molecule has 0 saturated carbocycles. The maximum atomic E-state index is 12.4. The number of aryl methyl sites for hydroxylation is 3. The number of halogens is 2. The summed E-state index contributed by atoms with van der Waals surface area (Å²) >= 11 is 12.3. The van der Waals surface area contributed by atoms with Gasteiger partial charge in [0.2, 0.25) is 5.91 Å². The first-order valence-electron chi connectivity index (χ1n) is 10.3. The molecule has 164 valence electrons. The Labute approximate surface area is 196 Å². The van der Waals surface area contributed by atoms with Crippen LogP contribution in [-0.4, -0.2) is 25.5 Å². The molecule has 0 atom stereocenters. The lowest BCUT2D eigenvalue weighted by Crippen LogP contribution is -2.23. The van der Waals surface area contributed by atoms with Gasteiger partial charge in [-0.25, -0.2) is 9.50 Å². The molecule has 0 bridgehead atoms. The number of nitrogens with zero attached hydrogens (tertiary/aromatic N) is 4. The number of fused-ring (bicyclic) bond motifs is 1. The summed E-state index contributed by atoms with van der Waals surface area (Å²) in [4.78, 5) is 21.5. The number of nitrogens with one attached hydrogen (secondary N) is 1. The molecule has 1 N–H and O–H groups in total. The second kappa shape index (κ2) is 9.27. The van der Waals surface area contributed by atoms with Crippen LogP contribution in [0.5, 0.6) is 0 Å². The first kappa shape index (κ1) is 22.2. The van der Waals surface area contributed by atoms with Crippen LogP contribution in [-0.2, 0) is 17.8 Å². The number of hydrogen-bond donors (Lipinski definition) is 1. The van der Waals surface area contributed by atoms with Crippen molar-refractivity contribution < 1.29 is 4.79 Å². The molecule has 2 aromatic carbocycles. The van der Waals surface area contributed by atoms with Crippen molar-refractivity contribution in [3.63, 3.8) is 0 Å². The largest absolute Gasteiger partial charge is 0.352 e. The predicted octanol–water partition coefficient (Wildman–Crippen LogP) is 5.27. The molecule has 0 spiro atoms. The van der Waals surface area contributed by atoms with Crippen LogP contribution >= 0.6 is 23.2 Å². The molecular weight excluding hydrogens is 445 g/mol. The highest BCUT2D eigenvalue weighted by Crippen LogP contribution is 2.29. The summed E-state index contributed by atoms with van der Waals surface area (Å²) in [5, 5.41) is 8.61.